The Bertz CT molecular complexity index is 4510. The molecule has 0 atom stereocenters. The number of hydrogen-bond donors (Lipinski definition) is 0. The molecule has 0 fully saturated rings. The van der Waals surface area contributed by atoms with Crippen LogP contribution in [0.15, 0.2) is 168 Å². The number of nitrogens with zero attached hydrogens (tertiary/aromatic N) is 3. The van der Waals surface area contributed by atoms with Crippen LogP contribution in [-0.2, 0) is 37.9 Å². The molecule has 10 aromatic rings. The molecule has 0 saturated heterocycles. The minimum Gasteiger partial charge on any atom is -0.455 e. The number of rotatable bonds is 5. The highest BCUT2D eigenvalue weighted by Crippen LogP contribution is 2.61. The summed E-state index contributed by atoms with van der Waals surface area (Å²) in [5, 5.41) is 2.29. The molecular formula is C82H86BN3O. The van der Waals surface area contributed by atoms with Crippen LogP contribution in [0.2, 0.25) is 0 Å². The number of para-hydroxylation sites is 1. The van der Waals surface area contributed by atoms with Crippen LogP contribution >= 0.6 is 0 Å². The van der Waals surface area contributed by atoms with Gasteiger partial charge in [-0.05, 0) is 222 Å². The summed E-state index contributed by atoms with van der Waals surface area (Å²) in [5.41, 5.74) is 31.0. The van der Waals surface area contributed by atoms with Crippen molar-refractivity contribution >= 4 is 85.2 Å². The maximum atomic E-state index is 7.34. The Morgan fingerprint density at radius 2 is 1.05 bits per heavy atom. The normalized spacial score (nSPS) is 17.9. The maximum absolute atomic E-state index is 7.34. The Labute approximate surface area is 518 Å². The van der Waals surface area contributed by atoms with Crippen molar-refractivity contribution in [3.63, 3.8) is 0 Å². The standard InChI is InChI=1S/C82H86BN3O/c1-49-42-63-65(81(14,15)41-40-79(63,10)11)48-68(49)85-69-46-54(84(52-26-22-24-50(43-52)76(2,3)4)53-27-23-25-51(44-53)77(5,6)7)33-36-66(69)83-73-60(47-59-56-28-18-20-30-61(56)82(16,17)72(59)74(73)85)71-67(37-34-58-57-29-19-21-31-70(57)87-75(58)71)86(83)55-32-35-62-64(45-55)80(12,13)39-38-78(62,8)9/h18-37,42-48H,38-41H2,1-17H3. The fourth-order valence-electron chi connectivity index (χ4n) is 16.5. The third-order valence-electron chi connectivity index (χ3n) is 21.9. The van der Waals surface area contributed by atoms with E-state index in [-0.39, 0.29) is 44.8 Å². The van der Waals surface area contributed by atoms with Gasteiger partial charge in [0.1, 0.15) is 11.2 Å². The number of anilines is 8. The largest absolute Gasteiger partial charge is 0.455 e. The molecule has 15 rings (SSSR count). The van der Waals surface area contributed by atoms with E-state index in [4.69, 9.17) is 4.42 Å². The molecule has 2 aliphatic heterocycles. The molecule has 9 aromatic carbocycles. The van der Waals surface area contributed by atoms with E-state index in [1.165, 1.54) is 106 Å². The highest BCUT2D eigenvalue weighted by atomic mass is 16.3. The molecule has 0 unspecified atom stereocenters. The first-order valence-corrected chi connectivity index (χ1v) is 32.4. The summed E-state index contributed by atoms with van der Waals surface area (Å²) >= 11 is 0. The van der Waals surface area contributed by atoms with Crippen molar-refractivity contribution in [1.29, 1.82) is 0 Å². The summed E-state index contributed by atoms with van der Waals surface area (Å²) in [6.45, 7) is 40.9. The number of furan rings is 1. The van der Waals surface area contributed by atoms with E-state index in [1.54, 1.807) is 0 Å². The second kappa shape index (κ2) is 18.4. The lowest BCUT2D eigenvalue weighted by atomic mass is 9.42. The Hall–Kier alpha value is -7.76. The first-order chi connectivity index (χ1) is 41.0. The fraction of sp³-hybridized carbons (Fsp3) is 0.341. The Morgan fingerprint density at radius 3 is 1.70 bits per heavy atom. The van der Waals surface area contributed by atoms with E-state index in [0.29, 0.717) is 0 Å². The van der Waals surface area contributed by atoms with E-state index in [2.05, 4.69) is 296 Å². The van der Waals surface area contributed by atoms with Gasteiger partial charge in [-0.3, -0.25) is 0 Å². The van der Waals surface area contributed by atoms with E-state index in [9.17, 15) is 0 Å². The zero-order valence-electron chi connectivity index (χ0n) is 54.7. The number of aryl methyl sites for hydroxylation is 1. The van der Waals surface area contributed by atoms with Gasteiger partial charge >= 0.3 is 6.85 Å². The lowest BCUT2D eigenvalue weighted by molar-refractivity contribution is 0.332. The van der Waals surface area contributed by atoms with Gasteiger partial charge in [0.25, 0.3) is 0 Å². The molecule has 438 valence electrons. The van der Waals surface area contributed by atoms with Crippen LogP contribution in [0.5, 0.6) is 0 Å². The van der Waals surface area contributed by atoms with Crippen LogP contribution in [0.4, 0.5) is 45.5 Å². The fourth-order valence-corrected chi connectivity index (χ4v) is 16.5. The Morgan fingerprint density at radius 1 is 0.460 bits per heavy atom. The lowest BCUT2D eigenvalue weighted by Crippen LogP contribution is -2.62. The highest BCUT2D eigenvalue weighted by Gasteiger charge is 2.52. The predicted octanol–water partition coefficient (Wildman–Crippen LogP) is 21.7. The molecule has 0 saturated carbocycles. The molecule has 3 heterocycles. The average molecular weight is 1140 g/mol. The second-order valence-electron chi connectivity index (χ2n) is 32.0. The Kier molecular flexibility index (Phi) is 11.8. The van der Waals surface area contributed by atoms with Gasteiger partial charge in [0.2, 0.25) is 0 Å². The molecule has 5 aliphatic rings. The molecule has 87 heavy (non-hydrogen) atoms. The molecular weight excluding hydrogens is 1050 g/mol. The second-order valence-corrected chi connectivity index (χ2v) is 32.0. The third-order valence-corrected chi connectivity index (χ3v) is 21.9. The number of benzene rings is 9. The monoisotopic (exact) mass is 1140 g/mol. The van der Waals surface area contributed by atoms with Crippen molar-refractivity contribution < 1.29 is 4.42 Å². The van der Waals surface area contributed by atoms with Gasteiger partial charge in [0, 0.05) is 67.2 Å². The summed E-state index contributed by atoms with van der Waals surface area (Å²) < 4.78 is 7.34. The zero-order chi connectivity index (χ0) is 61.0. The van der Waals surface area contributed by atoms with Crippen molar-refractivity contribution in [1.82, 2.24) is 0 Å². The van der Waals surface area contributed by atoms with Crippen molar-refractivity contribution in [2.75, 3.05) is 14.6 Å². The molecule has 0 radical (unpaired) electrons. The van der Waals surface area contributed by atoms with Crippen LogP contribution < -0.4 is 25.5 Å². The number of fused-ring (bicyclic) bond motifs is 14. The van der Waals surface area contributed by atoms with Crippen LogP contribution in [0.3, 0.4) is 0 Å². The highest BCUT2D eigenvalue weighted by molar-refractivity contribution is 6.94. The minimum absolute atomic E-state index is 0.0115. The summed E-state index contributed by atoms with van der Waals surface area (Å²) in [6, 6.07) is 64.3. The zero-order valence-corrected chi connectivity index (χ0v) is 54.7. The Balaban J connectivity index is 1.12. The van der Waals surface area contributed by atoms with Crippen molar-refractivity contribution in [3.8, 4) is 22.3 Å². The van der Waals surface area contributed by atoms with Crippen LogP contribution in [-0.4, -0.2) is 6.85 Å². The first kappa shape index (κ1) is 55.8. The van der Waals surface area contributed by atoms with E-state index in [0.717, 1.165) is 70.2 Å². The average Bonchev–Trinajstić information content (AvgIpc) is 1.67. The molecule has 4 nitrogen and oxygen atoms in total. The van der Waals surface area contributed by atoms with Gasteiger partial charge in [-0.15, -0.1) is 0 Å². The third kappa shape index (κ3) is 8.22. The SMILES string of the molecule is Cc1cc2c(cc1N1c3cc(N(c4cccc(C(C)(C)C)c4)c4cccc(C(C)(C)C)c4)ccc3B3c4c(cc5c(c41)C(C)(C)c1ccccc1-5)-c1c(ccc4c1oc1ccccc14)N3c1ccc3c(c1)C(C)(C)CCC3(C)C)C(C)(C)CCC2(C)C. The van der Waals surface area contributed by atoms with Gasteiger partial charge < -0.3 is 19.0 Å². The first-order valence-electron chi connectivity index (χ1n) is 32.4. The van der Waals surface area contributed by atoms with E-state index in [1.807, 2.05) is 0 Å². The summed E-state index contributed by atoms with van der Waals surface area (Å²) in [7, 11) is 0. The summed E-state index contributed by atoms with van der Waals surface area (Å²) in [4.78, 5) is 8.10. The maximum Gasteiger partial charge on any atom is 0.333 e. The van der Waals surface area contributed by atoms with E-state index < -0.39 is 0 Å². The van der Waals surface area contributed by atoms with Gasteiger partial charge in [-0.2, -0.15) is 0 Å². The van der Waals surface area contributed by atoms with Crippen molar-refractivity contribution in [2.45, 2.75) is 181 Å². The predicted molar refractivity (Wildman–Crippen MR) is 372 cm³/mol. The summed E-state index contributed by atoms with van der Waals surface area (Å²) in [5.74, 6) is 0. The van der Waals surface area contributed by atoms with E-state index >= 15 is 0 Å². The lowest BCUT2D eigenvalue weighted by Gasteiger charge is -2.49. The van der Waals surface area contributed by atoms with Crippen LogP contribution in [0.1, 0.15) is 187 Å². The molecule has 0 amide bonds. The topological polar surface area (TPSA) is 22.9 Å². The number of hydrogen-bond acceptors (Lipinski definition) is 4. The molecule has 3 aliphatic carbocycles. The summed E-state index contributed by atoms with van der Waals surface area (Å²) in [6.07, 6.45) is 4.57. The van der Waals surface area contributed by atoms with Crippen molar-refractivity contribution in [3.05, 3.63) is 214 Å². The minimum atomic E-state index is -0.373. The molecule has 5 heteroatoms. The van der Waals surface area contributed by atoms with Gasteiger partial charge in [0.15, 0.2) is 0 Å². The quantitative estimate of drug-likeness (QED) is 0.160. The molecule has 0 bridgehead atoms. The molecule has 1 aromatic heterocycles. The van der Waals surface area contributed by atoms with Crippen molar-refractivity contribution in [2.24, 2.45) is 0 Å². The van der Waals surface area contributed by atoms with Crippen LogP contribution in [0, 0.1) is 6.92 Å². The molecule has 0 spiro atoms. The van der Waals surface area contributed by atoms with Crippen LogP contribution in [0.25, 0.3) is 44.2 Å². The smallest absolute Gasteiger partial charge is 0.333 e. The van der Waals surface area contributed by atoms with Gasteiger partial charge in [-0.25, -0.2) is 0 Å². The molecule has 0 N–H and O–H groups in total. The van der Waals surface area contributed by atoms with Gasteiger partial charge in [-0.1, -0.05) is 196 Å². The van der Waals surface area contributed by atoms with Gasteiger partial charge in [0.05, 0.1) is 0 Å².